The predicted octanol–water partition coefficient (Wildman–Crippen LogP) is 4.66. The van der Waals surface area contributed by atoms with E-state index in [1.807, 2.05) is 13.0 Å². The Bertz CT molecular complexity index is 688. The lowest BCUT2D eigenvalue weighted by molar-refractivity contribution is 0.0697. The standard InChI is InChI=1S/C16H15ClFNO2/c1-9-3-4-11(7-15(9)18)10(2)19-12-5-6-13(16(20)21)14(17)8-12/h3-8,10,19H,1-2H3,(H,20,21). The Morgan fingerprint density at radius 3 is 2.57 bits per heavy atom. The van der Waals surface area contributed by atoms with Gasteiger partial charge in [-0.1, -0.05) is 23.7 Å². The van der Waals surface area contributed by atoms with Crippen molar-refractivity contribution in [2.75, 3.05) is 5.32 Å². The molecule has 2 rings (SSSR count). The van der Waals surface area contributed by atoms with Crippen LogP contribution in [0.15, 0.2) is 36.4 Å². The second kappa shape index (κ2) is 6.14. The zero-order valence-electron chi connectivity index (χ0n) is 11.7. The zero-order valence-corrected chi connectivity index (χ0v) is 12.4. The van der Waals surface area contributed by atoms with E-state index in [-0.39, 0.29) is 22.4 Å². The predicted molar refractivity (Wildman–Crippen MR) is 81.6 cm³/mol. The second-order valence-electron chi connectivity index (χ2n) is 4.87. The molecule has 2 N–H and O–H groups in total. The number of aromatic carboxylic acids is 1. The maximum absolute atomic E-state index is 13.6. The molecule has 110 valence electrons. The smallest absolute Gasteiger partial charge is 0.337 e. The average Bonchev–Trinajstić information content (AvgIpc) is 2.41. The summed E-state index contributed by atoms with van der Waals surface area (Å²) in [5.41, 5.74) is 2.13. The lowest BCUT2D eigenvalue weighted by atomic mass is 10.1. The molecular formula is C16H15ClFNO2. The van der Waals surface area contributed by atoms with Crippen molar-refractivity contribution in [1.29, 1.82) is 0 Å². The maximum Gasteiger partial charge on any atom is 0.337 e. The summed E-state index contributed by atoms with van der Waals surface area (Å²) >= 11 is 5.92. The van der Waals surface area contributed by atoms with E-state index in [1.54, 1.807) is 25.1 Å². The van der Waals surface area contributed by atoms with Crippen LogP contribution in [-0.2, 0) is 0 Å². The molecule has 0 aromatic heterocycles. The number of rotatable bonds is 4. The summed E-state index contributed by atoms with van der Waals surface area (Å²) in [4.78, 5) is 10.9. The third-order valence-electron chi connectivity index (χ3n) is 3.28. The second-order valence-corrected chi connectivity index (χ2v) is 5.28. The number of nitrogens with one attached hydrogen (secondary N) is 1. The van der Waals surface area contributed by atoms with Crippen LogP contribution in [-0.4, -0.2) is 11.1 Å². The van der Waals surface area contributed by atoms with Crippen LogP contribution in [0.4, 0.5) is 10.1 Å². The highest BCUT2D eigenvalue weighted by Crippen LogP contribution is 2.25. The molecule has 0 radical (unpaired) electrons. The van der Waals surface area contributed by atoms with Crippen molar-refractivity contribution >= 4 is 23.3 Å². The van der Waals surface area contributed by atoms with Crippen LogP contribution in [0.2, 0.25) is 5.02 Å². The van der Waals surface area contributed by atoms with Crippen molar-refractivity contribution in [1.82, 2.24) is 0 Å². The maximum atomic E-state index is 13.6. The van der Waals surface area contributed by atoms with Gasteiger partial charge in [0.2, 0.25) is 0 Å². The summed E-state index contributed by atoms with van der Waals surface area (Å²) in [6.07, 6.45) is 0. The number of halogens is 2. The number of carboxylic acids is 1. The fraction of sp³-hybridized carbons (Fsp3) is 0.188. The minimum atomic E-state index is -1.07. The molecule has 3 nitrogen and oxygen atoms in total. The lowest BCUT2D eigenvalue weighted by Crippen LogP contribution is -2.08. The van der Waals surface area contributed by atoms with Crippen LogP contribution in [0, 0.1) is 12.7 Å². The highest BCUT2D eigenvalue weighted by Gasteiger charge is 2.11. The molecule has 0 saturated heterocycles. The van der Waals surface area contributed by atoms with E-state index < -0.39 is 5.97 Å². The minimum Gasteiger partial charge on any atom is -0.478 e. The van der Waals surface area contributed by atoms with Gasteiger partial charge in [0.15, 0.2) is 0 Å². The minimum absolute atomic E-state index is 0.0521. The Labute approximate surface area is 127 Å². The third-order valence-corrected chi connectivity index (χ3v) is 3.59. The molecule has 21 heavy (non-hydrogen) atoms. The normalized spacial score (nSPS) is 12.0. The van der Waals surface area contributed by atoms with Crippen LogP contribution in [0.1, 0.15) is 34.5 Å². The van der Waals surface area contributed by atoms with E-state index in [0.717, 1.165) is 5.56 Å². The first-order valence-electron chi connectivity index (χ1n) is 6.44. The molecule has 1 atom stereocenters. The number of anilines is 1. The third kappa shape index (κ3) is 3.52. The number of carboxylic acid groups (broad SMARTS) is 1. The SMILES string of the molecule is Cc1ccc(C(C)Nc2ccc(C(=O)O)c(Cl)c2)cc1F. The fourth-order valence-corrected chi connectivity index (χ4v) is 2.25. The highest BCUT2D eigenvalue weighted by molar-refractivity contribution is 6.33. The first kappa shape index (κ1) is 15.3. The lowest BCUT2D eigenvalue weighted by Gasteiger charge is -2.17. The van der Waals surface area contributed by atoms with E-state index in [9.17, 15) is 9.18 Å². The van der Waals surface area contributed by atoms with Crippen LogP contribution >= 0.6 is 11.6 Å². The molecule has 5 heteroatoms. The van der Waals surface area contributed by atoms with Gasteiger partial charge >= 0.3 is 5.97 Å². The van der Waals surface area contributed by atoms with Gasteiger partial charge in [0.25, 0.3) is 0 Å². The molecule has 2 aromatic rings. The van der Waals surface area contributed by atoms with Crippen LogP contribution in [0.3, 0.4) is 0 Å². The Hall–Kier alpha value is -2.07. The Morgan fingerprint density at radius 1 is 1.29 bits per heavy atom. The van der Waals surface area contributed by atoms with Crippen molar-refractivity contribution in [2.45, 2.75) is 19.9 Å². The van der Waals surface area contributed by atoms with E-state index in [4.69, 9.17) is 16.7 Å². The summed E-state index contributed by atoms with van der Waals surface area (Å²) in [6, 6.07) is 9.55. The van der Waals surface area contributed by atoms with Gasteiger partial charge in [-0.3, -0.25) is 0 Å². The summed E-state index contributed by atoms with van der Waals surface area (Å²) in [5.74, 6) is -1.32. The number of aryl methyl sites for hydroxylation is 1. The molecule has 0 bridgehead atoms. The van der Waals surface area contributed by atoms with Crippen molar-refractivity contribution in [3.8, 4) is 0 Å². The van der Waals surface area contributed by atoms with E-state index in [0.29, 0.717) is 11.3 Å². The first-order valence-corrected chi connectivity index (χ1v) is 6.81. The Kier molecular flexibility index (Phi) is 4.48. The largest absolute Gasteiger partial charge is 0.478 e. The fourth-order valence-electron chi connectivity index (χ4n) is 1.99. The molecule has 0 aliphatic heterocycles. The molecule has 0 aliphatic carbocycles. The molecule has 2 aromatic carbocycles. The Morgan fingerprint density at radius 2 is 2.00 bits per heavy atom. The van der Waals surface area contributed by atoms with Gasteiger partial charge in [-0.05, 0) is 49.2 Å². The van der Waals surface area contributed by atoms with Gasteiger partial charge in [-0.25, -0.2) is 9.18 Å². The van der Waals surface area contributed by atoms with Crippen molar-refractivity contribution < 1.29 is 14.3 Å². The number of carbonyl (C=O) groups is 1. The average molecular weight is 308 g/mol. The van der Waals surface area contributed by atoms with Gasteiger partial charge < -0.3 is 10.4 Å². The van der Waals surface area contributed by atoms with Gasteiger partial charge in [0.1, 0.15) is 5.82 Å². The van der Waals surface area contributed by atoms with Crippen LogP contribution in [0.5, 0.6) is 0 Å². The van der Waals surface area contributed by atoms with Crippen molar-refractivity contribution in [2.24, 2.45) is 0 Å². The molecular weight excluding hydrogens is 293 g/mol. The number of benzene rings is 2. The Balaban J connectivity index is 2.19. The van der Waals surface area contributed by atoms with E-state index in [1.165, 1.54) is 12.1 Å². The first-order chi connectivity index (χ1) is 9.88. The number of hydrogen-bond acceptors (Lipinski definition) is 2. The number of hydrogen-bond donors (Lipinski definition) is 2. The molecule has 0 saturated carbocycles. The van der Waals surface area contributed by atoms with Crippen LogP contribution in [0.25, 0.3) is 0 Å². The van der Waals surface area contributed by atoms with Crippen molar-refractivity contribution in [3.05, 3.63) is 63.9 Å². The topological polar surface area (TPSA) is 49.3 Å². The van der Waals surface area contributed by atoms with Gasteiger partial charge in [-0.15, -0.1) is 0 Å². The zero-order chi connectivity index (χ0) is 15.6. The highest BCUT2D eigenvalue weighted by atomic mass is 35.5. The quantitative estimate of drug-likeness (QED) is 0.863. The summed E-state index contributed by atoms with van der Waals surface area (Å²) in [7, 11) is 0. The summed E-state index contributed by atoms with van der Waals surface area (Å²) < 4.78 is 13.6. The van der Waals surface area contributed by atoms with E-state index >= 15 is 0 Å². The van der Waals surface area contributed by atoms with Gasteiger partial charge in [-0.2, -0.15) is 0 Å². The molecule has 0 aliphatic rings. The summed E-state index contributed by atoms with van der Waals surface area (Å²) in [6.45, 7) is 3.60. The van der Waals surface area contributed by atoms with Crippen LogP contribution < -0.4 is 5.32 Å². The molecule has 0 fully saturated rings. The molecule has 0 heterocycles. The van der Waals surface area contributed by atoms with E-state index in [2.05, 4.69) is 5.32 Å². The summed E-state index contributed by atoms with van der Waals surface area (Å²) in [5, 5.41) is 12.3. The monoisotopic (exact) mass is 307 g/mol. The molecule has 0 spiro atoms. The van der Waals surface area contributed by atoms with Gasteiger partial charge in [0.05, 0.1) is 10.6 Å². The van der Waals surface area contributed by atoms with Gasteiger partial charge in [0, 0.05) is 11.7 Å². The molecule has 1 unspecified atom stereocenters. The van der Waals surface area contributed by atoms with Crippen molar-refractivity contribution in [3.63, 3.8) is 0 Å². The molecule has 0 amide bonds.